The second-order valence-electron chi connectivity index (χ2n) is 6.65. The summed E-state index contributed by atoms with van der Waals surface area (Å²) in [6, 6.07) is 12.8. The molecule has 150 valence electrons. The van der Waals surface area contributed by atoms with Gasteiger partial charge in [-0.1, -0.05) is 24.3 Å². The molecule has 29 heavy (non-hydrogen) atoms. The van der Waals surface area contributed by atoms with Crippen LogP contribution >= 0.6 is 0 Å². The maximum atomic E-state index is 12.3. The van der Waals surface area contributed by atoms with Crippen LogP contribution in [0.25, 0.3) is 0 Å². The van der Waals surface area contributed by atoms with Crippen molar-refractivity contribution in [2.45, 2.75) is 13.3 Å². The maximum absolute atomic E-state index is 12.3. The molecule has 0 bridgehead atoms. The number of para-hydroxylation sites is 1. The molecular weight excluding hydrogens is 378 g/mol. The average Bonchev–Trinajstić information content (AvgIpc) is 3.10. The van der Waals surface area contributed by atoms with Crippen LogP contribution in [-0.4, -0.2) is 35.9 Å². The van der Waals surface area contributed by atoms with Gasteiger partial charge in [-0.3, -0.25) is 24.5 Å². The van der Waals surface area contributed by atoms with Crippen molar-refractivity contribution < 1.29 is 24.0 Å². The average molecular weight is 397 g/mol. The highest BCUT2D eigenvalue weighted by atomic mass is 16.6. The van der Waals surface area contributed by atoms with Crippen molar-refractivity contribution in [3.05, 3.63) is 64.2 Å². The predicted molar refractivity (Wildman–Crippen MR) is 104 cm³/mol. The van der Waals surface area contributed by atoms with Crippen molar-refractivity contribution in [2.24, 2.45) is 5.92 Å². The van der Waals surface area contributed by atoms with E-state index in [1.54, 1.807) is 18.2 Å². The third-order valence-electron chi connectivity index (χ3n) is 4.58. The van der Waals surface area contributed by atoms with Crippen LogP contribution in [0.2, 0.25) is 0 Å². The summed E-state index contributed by atoms with van der Waals surface area (Å²) < 4.78 is 5.06. The van der Waals surface area contributed by atoms with E-state index in [-0.39, 0.29) is 24.6 Å². The molecule has 9 nitrogen and oxygen atoms in total. The number of nitrogens with zero attached hydrogens (tertiary/aromatic N) is 2. The third kappa shape index (κ3) is 4.75. The molecule has 1 fully saturated rings. The van der Waals surface area contributed by atoms with Crippen LogP contribution < -0.4 is 10.2 Å². The van der Waals surface area contributed by atoms with Crippen LogP contribution in [0.3, 0.4) is 0 Å². The molecule has 1 aliphatic heterocycles. The number of nitro benzene ring substituents is 1. The monoisotopic (exact) mass is 397 g/mol. The Morgan fingerprint density at radius 1 is 1.24 bits per heavy atom. The van der Waals surface area contributed by atoms with Gasteiger partial charge in [0.1, 0.15) is 0 Å². The predicted octanol–water partition coefficient (Wildman–Crippen LogP) is 2.44. The summed E-state index contributed by atoms with van der Waals surface area (Å²) in [5.74, 6) is -2.22. The Hall–Kier alpha value is -3.75. The number of hydrogen-bond acceptors (Lipinski definition) is 6. The molecule has 2 aromatic rings. The zero-order valence-electron chi connectivity index (χ0n) is 15.7. The summed E-state index contributed by atoms with van der Waals surface area (Å²) in [5, 5.41) is 13.6. The molecule has 9 heteroatoms. The highest BCUT2D eigenvalue weighted by Gasteiger charge is 2.36. The lowest BCUT2D eigenvalue weighted by molar-refractivity contribution is -0.384. The highest BCUT2D eigenvalue weighted by molar-refractivity contribution is 6.00. The molecule has 2 amide bonds. The number of nitrogens with one attached hydrogen (secondary N) is 1. The Bertz CT molecular complexity index is 974. The molecule has 0 saturated carbocycles. The molecule has 0 aliphatic carbocycles. The number of benzene rings is 2. The molecule has 1 unspecified atom stereocenters. The van der Waals surface area contributed by atoms with E-state index >= 15 is 0 Å². The van der Waals surface area contributed by atoms with Gasteiger partial charge >= 0.3 is 5.97 Å². The van der Waals surface area contributed by atoms with Crippen LogP contribution in [0.5, 0.6) is 0 Å². The first kappa shape index (κ1) is 20.0. The summed E-state index contributed by atoms with van der Waals surface area (Å²) >= 11 is 0. The smallest absolute Gasteiger partial charge is 0.311 e. The van der Waals surface area contributed by atoms with Gasteiger partial charge in [-0.05, 0) is 24.6 Å². The van der Waals surface area contributed by atoms with Crippen LogP contribution in [-0.2, 0) is 19.1 Å². The van der Waals surface area contributed by atoms with Gasteiger partial charge in [-0.25, -0.2) is 0 Å². The highest BCUT2D eigenvalue weighted by Crippen LogP contribution is 2.28. The third-order valence-corrected chi connectivity index (χ3v) is 4.58. The number of hydrogen-bond donors (Lipinski definition) is 1. The fraction of sp³-hybridized carbons (Fsp3) is 0.250. The number of carbonyl (C=O) groups excluding carboxylic acids is 3. The van der Waals surface area contributed by atoms with Gasteiger partial charge in [0.2, 0.25) is 5.91 Å². The van der Waals surface area contributed by atoms with Gasteiger partial charge in [0.05, 0.1) is 16.5 Å². The zero-order valence-corrected chi connectivity index (χ0v) is 15.7. The summed E-state index contributed by atoms with van der Waals surface area (Å²) in [7, 11) is 0. The van der Waals surface area contributed by atoms with Crippen molar-refractivity contribution in [3.8, 4) is 0 Å². The first-order chi connectivity index (χ1) is 13.8. The number of amides is 2. The normalized spacial score (nSPS) is 15.8. The van der Waals surface area contributed by atoms with Gasteiger partial charge in [0, 0.05) is 30.8 Å². The van der Waals surface area contributed by atoms with E-state index in [1.807, 2.05) is 19.1 Å². The minimum atomic E-state index is -0.743. The number of esters is 1. The molecular formula is C20H19N3O6. The molecule has 0 aromatic heterocycles. The minimum Gasteiger partial charge on any atom is -0.455 e. The lowest BCUT2D eigenvalue weighted by Crippen LogP contribution is -2.28. The van der Waals surface area contributed by atoms with Gasteiger partial charge in [-0.2, -0.15) is 0 Å². The first-order valence-electron chi connectivity index (χ1n) is 8.92. The Kier molecular flexibility index (Phi) is 5.87. The van der Waals surface area contributed by atoms with E-state index < -0.39 is 29.3 Å². The molecule has 1 atom stereocenters. The van der Waals surface area contributed by atoms with Crippen LogP contribution in [0, 0.1) is 23.0 Å². The number of ether oxygens (including phenoxy) is 1. The van der Waals surface area contributed by atoms with Crippen molar-refractivity contribution in [1.29, 1.82) is 0 Å². The summed E-state index contributed by atoms with van der Waals surface area (Å²) in [6.07, 6.45) is -0.0824. The SMILES string of the molecule is Cc1ccccc1NC(=O)COC(=O)C1CC(=O)N(c2cccc([N+](=O)[O-])c2)C1. The lowest BCUT2D eigenvalue weighted by atomic mass is 10.1. The van der Waals surface area contributed by atoms with Gasteiger partial charge in [0.25, 0.3) is 11.6 Å². The molecule has 3 rings (SSSR count). The van der Waals surface area contributed by atoms with E-state index in [0.717, 1.165) is 5.56 Å². The minimum absolute atomic E-state index is 0.0399. The second kappa shape index (κ2) is 8.51. The summed E-state index contributed by atoms with van der Waals surface area (Å²) in [5.41, 5.74) is 1.70. The Morgan fingerprint density at radius 3 is 2.72 bits per heavy atom. The van der Waals surface area contributed by atoms with Gasteiger partial charge < -0.3 is 15.0 Å². The quantitative estimate of drug-likeness (QED) is 0.454. The fourth-order valence-corrected chi connectivity index (χ4v) is 3.04. The Balaban J connectivity index is 1.56. The Morgan fingerprint density at radius 2 is 2.00 bits per heavy atom. The lowest BCUT2D eigenvalue weighted by Gasteiger charge is -2.16. The number of non-ortho nitro benzene ring substituents is 1. The molecule has 2 aromatic carbocycles. The van der Waals surface area contributed by atoms with Crippen molar-refractivity contribution in [1.82, 2.24) is 0 Å². The zero-order chi connectivity index (χ0) is 21.0. The van der Waals surface area contributed by atoms with E-state index in [0.29, 0.717) is 11.4 Å². The van der Waals surface area contributed by atoms with Gasteiger partial charge in [0.15, 0.2) is 6.61 Å². The number of nitro groups is 1. The molecule has 1 heterocycles. The van der Waals surface area contributed by atoms with E-state index in [9.17, 15) is 24.5 Å². The van der Waals surface area contributed by atoms with Crippen molar-refractivity contribution in [3.63, 3.8) is 0 Å². The first-order valence-corrected chi connectivity index (χ1v) is 8.92. The standard InChI is InChI=1S/C20H19N3O6/c1-13-5-2-3-8-17(13)21-18(24)12-29-20(26)14-9-19(25)22(11-14)15-6-4-7-16(10-15)23(27)28/h2-8,10,14H,9,11-12H2,1H3,(H,21,24). The summed E-state index contributed by atoms with van der Waals surface area (Å²) in [4.78, 5) is 48.2. The topological polar surface area (TPSA) is 119 Å². The Labute approximate surface area is 166 Å². The van der Waals surface area contributed by atoms with Crippen molar-refractivity contribution >= 4 is 34.8 Å². The van der Waals surface area contributed by atoms with E-state index in [4.69, 9.17) is 4.74 Å². The number of rotatable bonds is 6. The molecule has 1 aliphatic rings. The molecule has 0 radical (unpaired) electrons. The second-order valence-corrected chi connectivity index (χ2v) is 6.65. The van der Waals surface area contributed by atoms with E-state index in [1.165, 1.54) is 23.1 Å². The fourth-order valence-electron chi connectivity index (χ4n) is 3.04. The van der Waals surface area contributed by atoms with Crippen LogP contribution in [0.4, 0.5) is 17.1 Å². The van der Waals surface area contributed by atoms with Gasteiger partial charge in [-0.15, -0.1) is 0 Å². The van der Waals surface area contributed by atoms with Crippen LogP contribution in [0.15, 0.2) is 48.5 Å². The largest absolute Gasteiger partial charge is 0.455 e. The maximum Gasteiger partial charge on any atom is 0.311 e. The number of anilines is 2. The summed E-state index contributed by atoms with van der Waals surface area (Å²) in [6.45, 7) is 1.42. The van der Waals surface area contributed by atoms with Crippen LogP contribution in [0.1, 0.15) is 12.0 Å². The number of carbonyl (C=O) groups is 3. The molecule has 1 saturated heterocycles. The number of aryl methyl sites for hydroxylation is 1. The molecule has 1 N–H and O–H groups in total. The van der Waals surface area contributed by atoms with Crippen molar-refractivity contribution in [2.75, 3.05) is 23.4 Å². The van der Waals surface area contributed by atoms with E-state index in [2.05, 4.69) is 5.32 Å². The molecule has 0 spiro atoms.